The molecule has 1 N–H and O–H groups in total. The number of imidazole rings is 1. The second-order valence-corrected chi connectivity index (χ2v) is 3.72. The molecular formula is C13H13N3O. The molecule has 1 aromatic heterocycles. The van der Waals surface area contributed by atoms with Crippen LogP contribution in [0.1, 0.15) is 11.4 Å². The van der Waals surface area contributed by atoms with Gasteiger partial charge in [0.25, 0.3) is 0 Å². The minimum Gasteiger partial charge on any atom is -0.497 e. The van der Waals surface area contributed by atoms with Gasteiger partial charge >= 0.3 is 0 Å². The first-order chi connectivity index (χ1) is 8.24. The number of ether oxygens (including phenoxy) is 1. The van der Waals surface area contributed by atoms with Crippen LogP contribution in [0.2, 0.25) is 0 Å². The molecule has 0 atom stereocenters. The lowest BCUT2D eigenvalue weighted by Crippen LogP contribution is -1.85. The van der Waals surface area contributed by atoms with Crippen molar-refractivity contribution in [1.29, 1.82) is 5.26 Å². The van der Waals surface area contributed by atoms with Crippen molar-refractivity contribution >= 4 is 0 Å². The molecule has 0 aliphatic carbocycles. The largest absolute Gasteiger partial charge is 0.497 e. The van der Waals surface area contributed by atoms with Crippen LogP contribution in [0, 0.1) is 18.3 Å². The highest BCUT2D eigenvalue weighted by molar-refractivity contribution is 5.57. The Morgan fingerprint density at radius 3 is 2.65 bits per heavy atom. The second kappa shape index (κ2) is 4.71. The Bertz CT molecular complexity index is 549. The molecule has 17 heavy (non-hydrogen) atoms. The molecule has 2 aromatic rings. The molecule has 0 bridgehead atoms. The number of methoxy groups -OCH3 is 1. The molecule has 0 spiro atoms. The number of aryl methyl sites for hydroxylation is 1. The fourth-order valence-electron chi connectivity index (χ4n) is 1.63. The number of nitriles is 1. The van der Waals surface area contributed by atoms with Gasteiger partial charge in [0, 0.05) is 11.3 Å². The van der Waals surface area contributed by atoms with E-state index in [1.54, 1.807) is 7.11 Å². The van der Waals surface area contributed by atoms with E-state index in [4.69, 9.17) is 10.00 Å². The molecular weight excluding hydrogens is 214 g/mol. The molecule has 1 aromatic carbocycles. The van der Waals surface area contributed by atoms with Crippen molar-refractivity contribution < 1.29 is 4.74 Å². The van der Waals surface area contributed by atoms with Gasteiger partial charge in [-0.1, -0.05) is 0 Å². The predicted molar refractivity (Wildman–Crippen MR) is 64.6 cm³/mol. The average molecular weight is 227 g/mol. The monoisotopic (exact) mass is 227 g/mol. The van der Waals surface area contributed by atoms with E-state index >= 15 is 0 Å². The summed E-state index contributed by atoms with van der Waals surface area (Å²) in [4.78, 5) is 7.59. The molecule has 4 nitrogen and oxygen atoms in total. The lowest BCUT2D eigenvalue weighted by molar-refractivity contribution is 0.415. The van der Waals surface area contributed by atoms with E-state index < -0.39 is 0 Å². The Kier molecular flexibility index (Phi) is 3.10. The fraction of sp³-hybridized carbons (Fsp3) is 0.231. The summed E-state index contributed by atoms with van der Waals surface area (Å²) in [6, 6.07) is 9.75. The van der Waals surface area contributed by atoms with Crippen molar-refractivity contribution in [3.05, 3.63) is 35.7 Å². The Morgan fingerprint density at radius 1 is 1.35 bits per heavy atom. The van der Waals surface area contributed by atoms with E-state index in [1.165, 1.54) is 0 Å². The molecule has 0 amide bonds. The van der Waals surface area contributed by atoms with Gasteiger partial charge in [-0.05, 0) is 31.2 Å². The maximum Gasteiger partial charge on any atom is 0.137 e. The summed E-state index contributed by atoms with van der Waals surface area (Å²) in [7, 11) is 1.64. The number of aromatic nitrogens is 2. The van der Waals surface area contributed by atoms with E-state index in [2.05, 4.69) is 16.0 Å². The Morgan fingerprint density at radius 2 is 2.06 bits per heavy atom. The van der Waals surface area contributed by atoms with Gasteiger partial charge in [0.05, 0.1) is 25.3 Å². The van der Waals surface area contributed by atoms with Gasteiger partial charge in [0.1, 0.15) is 11.6 Å². The van der Waals surface area contributed by atoms with Crippen LogP contribution in [-0.4, -0.2) is 17.1 Å². The van der Waals surface area contributed by atoms with E-state index in [0.29, 0.717) is 6.42 Å². The smallest absolute Gasteiger partial charge is 0.137 e. The van der Waals surface area contributed by atoms with Gasteiger partial charge in [0.2, 0.25) is 0 Å². The lowest BCUT2D eigenvalue weighted by atomic mass is 10.2. The maximum atomic E-state index is 8.67. The number of nitrogens with zero attached hydrogens (tertiary/aromatic N) is 2. The zero-order valence-corrected chi connectivity index (χ0v) is 9.82. The molecule has 86 valence electrons. The standard InChI is InChI=1S/C13H13N3O/c1-9-12(7-8-14)16-13(15-9)10-3-5-11(17-2)6-4-10/h3-6H,7H2,1-2H3,(H,15,16). The quantitative estimate of drug-likeness (QED) is 0.876. The Balaban J connectivity index is 2.33. The minimum atomic E-state index is 0.332. The summed E-state index contributed by atoms with van der Waals surface area (Å²) >= 11 is 0. The van der Waals surface area contributed by atoms with Gasteiger partial charge in [-0.25, -0.2) is 4.98 Å². The van der Waals surface area contributed by atoms with Gasteiger partial charge in [0.15, 0.2) is 0 Å². The van der Waals surface area contributed by atoms with Crippen molar-refractivity contribution in [2.45, 2.75) is 13.3 Å². The van der Waals surface area contributed by atoms with Crippen molar-refractivity contribution in [2.75, 3.05) is 7.11 Å². The van der Waals surface area contributed by atoms with Crippen LogP contribution in [-0.2, 0) is 6.42 Å². The van der Waals surface area contributed by atoms with Crippen molar-refractivity contribution in [3.8, 4) is 23.2 Å². The van der Waals surface area contributed by atoms with Crippen molar-refractivity contribution in [1.82, 2.24) is 9.97 Å². The highest BCUT2D eigenvalue weighted by atomic mass is 16.5. The van der Waals surface area contributed by atoms with E-state index in [0.717, 1.165) is 28.5 Å². The van der Waals surface area contributed by atoms with Crippen LogP contribution in [0.3, 0.4) is 0 Å². The first-order valence-electron chi connectivity index (χ1n) is 5.31. The zero-order chi connectivity index (χ0) is 12.3. The van der Waals surface area contributed by atoms with E-state index in [9.17, 15) is 0 Å². The third-order valence-corrected chi connectivity index (χ3v) is 2.60. The molecule has 0 aliphatic rings. The zero-order valence-electron chi connectivity index (χ0n) is 9.82. The maximum absolute atomic E-state index is 8.67. The number of rotatable bonds is 3. The van der Waals surface area contributed by atoms with Crippen molar-refractivity contribution in [3.63, 3.8) is 0 Å². The van der Waals surface area contributed by atoms with Crippen LogP contribution in [0.25, 0.3) is 11.4 Å². The van der Waals surface area contributed by atoms with Crippen LogP contribution in [0.4, 0.5) is 0 Å². The van der Waals surface area contributed by atoms with Gasteiger partial charge in [-0.3, -0.25) is 0 Å². The highest BCUT2D eigenvalue weighted by Crippen LogP contribution is 2.21. The molecule has 2 rings (SSSR count). The number of benzene rings is 1. The first kappa shape index (κ1) is 11.2. The van der Waals surface area contributed by atoms with Gasteiger partial charge in [-0.15, -0.1) is 0 Å². The van der Waals surface area contributed by atoms with E-state index in [1.807, 2.05) is 31.2 Å². The van der Waals surface area contributed by atoms with E-state index in [-0.39, 0.29) is 0 Å². The SMILES string of the molecule is COc1ccc(-c2nc(CC#N)c(C)[nH]2)cc1. The summed E-state index contributed by atoms with van der Waals surface area (Å²) in [5.74, 6) is 1.60. The van der Waals surface area contributed by atoms with Gasteiger partial charge < -0.3 is 9.72 Å². The van der Waals surface area contributed by atoms with Crippen LogP contribution in [0.5, 0.6) is 5.75 Å². The average Bonchev–Trinajstić information content (AvgIpc) is 2.72. The molecule has 0 unspecified atom stereocenters. The number of H-pyrrole nitrogens is 1. The number of nitrogens with one attached hydrogen (secondary N) is 1. The van der Waals surface area contributed by atoms with Crippen LogP contribution < -0.4 is 4.74 Å². The molecule has 0 saturated heterocycles. The molecule has 0 fully saturated rings. The van der Waals surface area contributed by atoms with Crippen LogP contribution >= 0.6 is 0 Å². The minimum absolute atomic E-state index is 0.332. The molecule has 1 heterocycles. The normalized spacial score (nSPS) is 9.94. The number of hydrogen-bond acceptors (Lipinski definition) is 3. The Labute approximate surface area is 99.9 Å². The van der Waals surface area contributed by atoms with Gasteiger partial charge in [-0.2, -0.15) is 5.26 Å². The number of hydrogen-bond donors (Lipinski definition) is 1. The summed E-state index contributed by atoms with van der Waals surface area (Å²) in [5, 5.41) is 8.67. The summed E-state index contributed by atoms with van der Waals surface area (Å²) in [6.45, 7) is 1.92. The first-order valence-corrected chi connectivity index (χ1v) is 5.31. The molecule has 0 radical (unpaired) electrons. The highest BCUT2D eigenvalue weighted by Gasteiger charge is 2.07. The topological polar surface area (TPSA) is 61.7 Å². The molecule has 4 heteroatoms. The number of aromatic amines is 1. The second-order valence-electron chi connectivity index (χ2n) is 3.72. The third-order valence-electron chi connectivity index (χ3n) is 2.60. The van der Waals surface area contributed by atoms with Crippen molar-refractivity contribution in [2.24, 2.45) is 0 Å². The third kappa shape index (κ3) is 2.28. The fourth-order valence-corrected chi connectivity index (χ4v) is 1.63. The molecule has 0 saturated carbocycles. The summed E-state index contributed by atoms with van der Waals surface area (Å²) in [5.41, 5.74) is 2.73. The Hall–Kier alpha value is -2.28. The summed E-state index contributed by atoms with van der Waals surface area (Å²) in [6.07, 6.45) is 0.332. The van der Waals surface area contributed by atoms with Crippen LogP contribution in [0.15, 0.2) is 24.3 Å². The lowest BCUT2D eigenvalue weighted by Gasteiger charge is -2.00. The summed E-state index contributed by atoms with van der Waals surface area (Å²) < 4.78 is 5.10. The molecule has 0 aliphatic heterocycles. The predicted octanol–water partition coefficient (Wildman–Crippen LogP) is 2.46.